The zero-order valence-electron chi connectivity index (χ0n) is 19.1. The lowest BCUT2D eigenvalue weighted by atomic mass is 9.98. The molecule has 1 N–H and O–H groups in total. The maximum Gasteiger partial charge on any atom is 0.309 e. The average Bonchev–Trinajstić information content (AvgIpc) is 2.87. The van der Waals surface area contributed by atoms with E-state index in [0.29, 0.717) is 25.0 Å². The summed E-state index contributed by atoms with van der Waals surface area (Å²) in [6.45, 7) is 2.60. The van der Waals surface area contributed by atoms with Crippen LogP contribution in [0.1, 0.15) is 30.1 Å². The smallest absolute Gasteiger partial charge is 0.309 e. The van der Waals surface area contributed by atoms with E-state index in [0.717, 1.165) is 16.5 Å². The normalized spacial score (nSPS) is 15.2. The minimum absolute atomic E-state index is 0.0441. The Bertz CT molecular complexity index is 1290. The number of anilines is 1. The van der Waals surface area contributed by atoms with E-state index in [1.165, 1.54) is 16.4 Å². The summed E-state index contributed by atoms with van der Waals surface area (Å²) >= 11 is 0. The van der Waals surface area contributed by atoms with Gasteiger partial charge in [-0.25, -0.2) is 8.42 Å². The molecule has 0 amide bonds. The Morgan fingerprint density at radius 2 is 1.71 bits per heavy atom. The average molecular weight is 481 g/mol. The maximum atomic E-state index is 13.2. The zero-order valence-corrected chi connectivity index (χ0v) is 19.9. The minimum Gasteiger partial charge on any atom is -0.466 e. The molecule has 34 heavy (non-hydrogen) atoms. The topological polar surface area (TPSA) is 92.8 Å². The van der Waals surface area contributed by atoms with Gasteiger partial charge in [0.15, 0.2) is 5.78 Å². The fourth-order valence-electron chi connectivity index (χ4n) is 4.23. The quantitative estimate of drug-likeness (QED) is 0.386. The second kappa shape index (κ2) is 10.4. The number of hydrogen-bond donors (Lipinski definition) is 1. The zero-order chi connectivity index (χ0) is 24.1. The molecule has 1 aliphatic rings. The molecule has 178 valence electrons. The Labute approximate surface area is 199 Å². The van der Waals surface area contributed by atoms with Crippen LogP contribution < -0.4 is 5.32 Å². The van der Waals surface area contributed by atoms with Gasteiger partial charge >= 0.3 is 5.97 Å². The van der Waals surface area contributed by atoms with Gasteiger partial charge in [-0.15, -0.1) is 0 Å². The Hall–Kier alpha value is -3.23. The third-order valence-electron chi connectivity index (χ3n) is 6.10. The van der Waals surface area contributed by atoms with E-state index in [9.17, 15) is 18.0 Å². The van der Waals surface area contributed by atoms with Crippen molar-refractivity contribution in [3.63, 3.8) is 0 Å². The summed E-state index contributed by atoms with van der Waals surface area (Å²) in [6.07, 6.45) is 0.845. The van der Waals surface area contributed by atoms with Gasteiger partial charge in [-0.3, -0.25) is 9.59 Å². The van der Waals surface area contributed by atoms with Gasteiger partial charge in [0.05, 0.1) is 24.0 Å². The Kier molecular flexibility index (Phi) is 7.29. The summed E-state index contributed by atoms with van der Waals surface area (Å²) in [7, 11) is -3.77. The first-order chi connectivity index (χ1) is 16.4. The van der Waals surface area contributed by atoms with Crippen LogP contribution in [0.2, 0.25) is 0 Å². The minimum atomic E-state index is -3.77. The number of fused-ring (bicyclic) bond motifs is 1. The largest absolute Gasteiger partial charge is 0.466 e. The van der Waals surface area contributed by atoms with Crippen molar-refractivity contribution in [3.8, 4) is 0 Å². The van der Waals surface area contributed by atoms with E-state index < -0.39 is 10.0 Å². The molecule has 1 saturated heterocycles. The van der Waals surface area contributed by atoms with Gasteiger partial charge in [0.1, 0.15) is 0 Å². The number of nitrogens with one attached hydrogen (secondary N) is 1. The lowest BCUT2D eigenvalue weighted by Crippen LogP contribution is -2.40. The van der Waals surface area contributed by atoms with Crippen molar-refractivity contribution >= 4 is 38.2 Å². The molecule has 0 aliphatic carbocycles. The van der Waals surface area contributed by atoms with Crippen LogP contribution in [-0.2, 0) is 19.6 Å². The molecule has 8 heteroatoms. The lowest BCUT2D eigenvalue weighted by molar-refractivity contribution is -0.149. The monoisotopic (exact) mass is 480 g/mol. The molecule has 7 nitrogen and oxygen atoms in total. The lowest BCUT2D eigenvalue weighted by Gasteiger charge is -2.30. The van der Waals surface area contributed by atoms with E-state index in [2.05, 4.69) is 5.32 Å². The number of piperidine rings is 1. The summed E-state index contributed by atoms with van der Waals surface area (Å²) in [5, 5.41) is 5.26. The van der Waals surface area contributed by atoms with Crippen LogP contribution in [0.4, 0.5) is 5.69 Å². The number of Topliss-reactive ketones (excluding diaryl/α,β-unsaturated/α-hetero) is 1. The van der Waals surface area contributed by atoms with Crippen LogP contribution in [0, 0.1) is 5.92 Å². The van der Waals surface area contributed by atoms with Crippen LogP contribution in [0.3, 0.4) is 0 Å². The Morgan fingerprint density at radius 1 is 1.00 bits per heavy atom. The highest BCUT2D eigenvalue weighted by atomic mass is 32.2. The molecule has 0 unspecified atom stereocenters. The number of esters is 1. The SMILES string of the molecule is CCOC(=O)C1CCN(S(=O)(=O)c2cccc(C(=O)CNc3cccc4ccccc34)c2)CC1. The van der Waals surface area contributed by atoms with Crippen LogP contribution in [0.15, 0.2) is 71.6 Å². The molecule has 1 fully saturated rings. The maximum absolute atomic E-state index is 13.2. The van der Waals surface area contributed by atoms with E-state index in [-0.39, 0.29) is 42.2 Å². The number of hydrogen-bond acceptors (Lipinski definition) is 6. The molecule has 0 bridgehead atoms. The van der Waals surface area contributed by atoms with Gasteiger partial charge in [-0.05, 0) is 43.4 Å². The number of sulfonamides is 1. The number of ether oxygens (including phenoxy) is 1. The summed E-state index contributed by atoms with van der Waals surface area (Å²) < 4.78 is 32.8. The van der Waals surface area contributed by atoms with Gasteiger partial charge in [-0.2, -0.15) is 4.31 Å². The van der Waals surface area contributed by atoms with E-state index in [4.69, 9.17) is 4.74 Å². The third kappa shape index (κ3) is 5.13. The first-order valence-corrected chi connectivity index (χ1v) is 12.9. The Morgan fingerprint density at radius 3 is 2.47 bits per heavy atom. The summed E-state index contributed by atoms with van der Waals surface area (Å²) in [5.41, 5.74) is 1.18. The number of ketones is 1. The molecule has 0 atom stereocenters. The molecule has 1 heterocycles. The van der Waals surface area contributed by atoms with Crippen molar-refractivity contribution in [2.75, 3.05) is 31.6 Å². The van der Waals surface area contributed by atoms with Crippen molar-refractivity contribution in [1.29, 1.82) is 0 Å². The van der Waals surface area contributed by atoms with E-state index in [1.54, 1.807) is 19.1 Å². The van der Waals surface area contributed by atoms with Crippen molar-refractivity contribution in [1.82, 2.24) is 4.31 Å². The second-order valence-corrected chi connectivity index (χ2v) is 10.2. The molecule has 3 aromatic carbocycles. The Balaban J connectivity index is 1.44. The molecule has 0 saturated carbocycles. The molecular formula is C26H28N2O5S. The first kappa shape index (κ1) is 23.9. The van der Waals surface area contributed by atoms with Gasteiger partial charge in [0.2, 0.25) is 10.0 Å². The van der Waals surface area contributed by atoms with E-state index in [1.807, 2.05) is 42.5 Å². The van der Waals surface area contributed by atoms with Crippen LogP contribution in [-0.4, -0.2) is 50.7 Å². The van der Waals surface area contributed by atoms with Crippen LogP contribution >= 0.6 is 0 Å². The van der Waals surface area contributed by atoms with E-state index >= 15 is 0 Å². The van der Waals surface area contributed by atoms with Gasteiger partial charge < -0.3 is 10.1 Å². The number of carbonyl (C=O) groups is 2. The fraction of sp³-hybridized carbons (Fsp3) is 0.308. The van der Waals surface area contributed by atoms with Crippen LogP contribution in [0.25, 0.3) is 10.8 Å². The number of benzene rings is 3. The van der Waals surface area contributed by atoms with Crippen molar-refractivity contribution in [2.45, 2.75) is 24.7 Å². The highest BCUT2D eigenvalue weighted by molar-refractivity contribution is 7.89. The predicted octanol–water partition coefficient (Wildman–Crippen LogP) is 4.10. The van der Waals surface area contributed by atoms with Crippen molar-refractivity contribution in [2.24, 2.45) is 5.92 Å². The number of nitrogens with zero attached hydrogens (tertiary/aromatic N) is 1. The summed E-state index contributed by atoms with van der Waals surface area (Å²) in [4.78, 5) is 24.9. The molecule has 0 aromatic heterocycles. The molecule has 4 rings (SSSR count). The van der Waals surface area contributed by atoms with Crippen LogP contribution in [0.5, 0.6) is 0 Å². The van der Waals surface area contributed by atoms with Gasteiger partial charge in [0, 0.05) is 29.7 Å². The standard InChI is InChI=1S/C26H28N2O5S/c1-2-33-26(30)20-13-15-28(16-14-20)34(31,32)22-10-5-9-21(17-22)25(29)18-27-24-12-6-8-19-7-3-4-11-23(19)24/h3-12,17,20,27H,2,13-16,18H2,1H3. The van der Waals surface area contributed by atoms with Crippen molar-refractivity contribution < 1.29 is 22.7 Å². The third-order valence-corrected chi connectivity index (χ3v) is 7.99. The molecular weight excluding hydrogens is 452 g/mol. The van der Waals surface area contributed by atoms with Crippen molar-refractivity contribution in [3.05, 3.63) is 72.3 Å². The summed E-state index contributed by atoms with van der Waals surface area (Å²) in [5.74, 6) is -0.753. The molecule has 0 radical (unpaired) electrons. The summed E-state index contributed by atoms with van der Waals surface area (Å²) in [6, 6.07) is 19.9. The second-order valence-electron chi connectivity index (χ2n) is 8.26. The first-order valence-electron chi connectivity index (χ1n) is 11.4. The predicted molar refractivity (Wildman–Crippen MR) is 131 cm³/mol. The fourth-order valence-corrected chi connectivity index (χ4v) is 5.74. The molecule has 0 spiro atoms. The number of carbonyl (C=O) groups excluding carboxylic acids is 2. The molecule has 1 aliphatic heterocycles. The van der Waals surface area contributed by atoms with Gasteiger partial charge in [0.25, 0.3) is 0 Å². The molecule has 3 aromatic rings. The number of rotatable bonds is 8. The highest BCUT2D eigenvalue weighted by Crippen LogP contribution is 2.26. The highest BCUT2D eigenvalue weighted by Gasteiger charge is 2.33. The van der Waals surface area contributed by atoms with Gasteiger partial charge in [-0.1, -0.05) is 48.5 Å².